The van der Waals surface area contributed by atoms with E-state index in [1.807, 2.05) is 13.8 Å². The van der Waals surface area contributed by atoms with Crippen molar-refractivity contribution in [1.29, 1.82) is 0 Å². The first-order valence-corrected chi connectivity index (χ1v) is 5.17. The smallest absolute Gasteiger partial charge is 0.405 e. The van der Waals surface area contributed by atoms with Gasteiger partial charge in [-0.1, -0.05) is 27.7 Å². The predicted octanol–water partition coefficient (Wildman–Crippen LogP) is 2.79. The largest absolute Gasteiger partial charge is 0.443 e. The third-order valence-corrected chi connectivity index (χ3v) is 2.60. The Morgan fingerprint density at radius 3 is 1.71 bits per heavy atom. The van der Waals surface area contributed by atoms with E-state index in [-0.39, 0.29) is 0 Å². The number of carbonyl (C=O) groups is 1. The van der Waals surface area contributed by atoms with Crippen molar-refractivity contribution in [2.24, 2.45) is 23.5 Å². The second-order valence-corrected chi connectivity index (χ2v) is 5.04. The van der Waals surface area contributed by atoms with Gasteiger partial charge in [-0.05, 0) is 25.7 Å². The van der Waals surface area contributed by atoms with Crippen LogP contribution in [0.1, 0.15) is 41.5 Å². The van der Waals surface area contributed by atoms with Crippen LogP contribution in [0.3, 0.4) is 0 Å². The zero-order valence-electron chi connectivity index (χ0n) is 10.1. The SMILES string of the molecule is CC(C)C(C(C)C)C(C)(C)OC(N)=O. The molecule has 0 unspecified atom stereocenters. The number of hydrogen-bond acceptors (Lipinski definition) is 2. The van der Waals surface area contributed by atoms with Gasteiger partial charge in [0, 0.05) is 5.92 Å². The number of ether oxygens (including phenoxy) is 1. The average Bonchev–Trinajstić information content (AvgIpc) is 1.77. The summed E-state index contributed by atoms with van der Waals surface area (Å²) in [4.78, 5) is 10.8. The molecule has 0 aliphatic rings. The van der Waals surface area contributed by atoms with E-state index in [9.17, 15) is 4.79 Å². The summed E-state index contributed by atoms with van der Waals surface area (Å²) in [7, 11) is 0. The molecule has 0 bridgehead atoms. The summed E-state index contributed by atoms with van der Waals surface area (Å²) in [5.41, 5.74) is 4.56. The van der Waals surface area contributed by atoms with Gasteiger partial charge in [0.15, 0.2) is 0 Å². The first-order valence-electron chi connectivity index (χ1n) is 5.17. The number of primary amides is 1. The number of amides is 1. The highest BCUT2D eigenvalue weighted by Gasteiger charge is 2.36. The van der Waals surface area contributed by atoms with Gasteiger partial charge in [0.25, 0.3) is 0 Å². The van der Waals surface area contributed by atoms with Crippen LogP contribution >= 0.6 is 0 Å². The lowest BCUT2D eigenvalue weighted by atomic mass is 9.74. The highest BCUT2D eigenvalue weighted by molar-refractivity contribution is 5.65. The van der Waals surface area contributed by atoms with Crippen molar-refractivity contribution in [3.05, 3.63) is 0 Å². The fraction of sp³-hybridized carbons (Fsp3) is 0.909. The Morgan fingerprint density at radius 1 is 1.14 bits per heavy atom. The quantitative estimate of drug-likeness (QED) is 0.760. The van der Waals surface area contributed by atoms with E-state index in [1.165, 1.54) is 0 Å². The normalized spacial score (nSPS) is 12.6. The van der Waals surface area contributed by atoms with E-state index in [4.69, 9.17) is 10.5 Å². The molecular weight excluding hydrogens is 178 g/mol. The van der Waals surface area contributed by atoms with Crippen LogP contribution in [0.15, 0.2) is 0 Å². The van der Waals surface area contributed by atoms with Crippen LogP contribution in [0, 0.1) is 17.8 Å². The van der Waals surface area contributed by atoms with E-state index in [0.717, 1.165) is 0 Å². The molecule has 0 aromatic heterocycles. The number of rotatable bonds is 4. The van der Waals surface area contributed by atoms with Crippen molar-refractivity contribution in [3.63, 3.8) is 0 Å². The van der Waals surface area contributed by atoms with Gasteiger partial charge < -0.3 is 10.5 Å². The summed E-state index contributed by atoms with van der Waals surface area (Å²) < 4.78 is 5.16. The van der Waals surface area contributed by atoms with Crippen molar-refractivity contribution in [3.8, 4) is 0 Å². The second-order valence-electron chi connectivity index (χ2n) is 5.04. The maximum absolute atomic E-state index is 10.8. The standard InChI is InChI=1S/C11H23NO2/c1-7(2)9(8(3)4)11(5,6)14-10(12)13/h7-9H,1-6H3,(H2,12,13). The molecule has 3 nitrogen and oxygen atoms in total. The Hall–Kier alpha value is -0.730. The van der Waals surface area contributed by atoms with Crippen molar-refractivity contribution in [1.82, 2.24) is 0 Å². The molecule has 0 heterocycles. The molecule has 1 amide bonds. The fourth-order valence-corrected chi connectivity index (χ4v) is 2.70. The van der Waals surface area contributed by atoms with Crippen molar-refractivity contribution in [2.45, 2.75) is 47.1 Å². The first-order chi connectivity index (χ1) is 6.18. The van der Waals surface area contributed by atoms with E-state index < -0.39 is 11.7 Å². The predicted molar refractivity (Wildman–Crippen MR) is 57.9 cm³/mol. The third-order valence-electron chi connectivity index (χ3n) is 2.60. The molecule has 0 saturated carbocycles. The van der Waals surface area contributed by atoms with Crippen LogP contribution in [0.25, 0.3) is 0 Å². The van der Waals surface area contributed by atoms with E-state index >= 15 is 0 Å². The monoisotopic (exact) mass is 201 g/mol. The number of nitrogens with two attached hydrogens (primary N) is 1. The molecule has 0 rings (SSSR count). The van der Waals surface area contributed by atoms with Gasteiger partial charge in [-0.3, -0.25) is 0 Å². The summed E-state index contributed by atoms with van der Waals surface area (Å²) >= 11 is 0. The van der Waals surface area contributed by atoms with Gasteiger partial charge in [-0.2, -0.15) is 0 Å². The van der Waals surface area contributed by atoms with Crippen LogP contribution in [-0.2, 0) is 4.74 Å². The molecule has 0 fully saturated rings. The third kappa shape index (κ3) is 3.56. The van der Waals surface area contributed by atoms with Crippen LogP contribution < -0.4 is 5.73 Å². The van der Waals surface area contributed by atoms with Gasteiger partial charge in [0.2, 0.25) is 0 Å². The summed E-state index contributed by atoms with van der Waals surface area (Å²) in [6.45, 7) is 12.4. The molecule has 2 N–H and O–H groups in total. The molecule has 0 radical (unpaired) electrons. The lowest BCUT2D eigenvalue weighted by Crippen LogP contribution is -2.43. The van der Waals surface area contributed by atoms with Gasteiger partial charge in [-0.15, -0.1) is 0 Å². The van der Waals surface area contributed by atoms with Crippen LogP contribution in [0.2, 0.25) is 0 Å². The molecule has 84 valence electrons. The Bertz CT molecular complexity index is 189. The highest BCUT2D eigenvalue weighted by Crippen LogP contribution is 2.34. The number of hydrogen-bond donors (Lipinski definition) is 1. The molecular formula is C11H23NO2. The van der Waals surface area contributed by atoms with Gasteiger partial charge in [0.05, 0.1) is 0 Å². The Balaban J connectivity index is 4.71. The van der Waals surface area contributed by atoms with E-state index in [0.29, 0.717) is 17.8 Å². The molecule has 0 aliphatic heterocycles. The summed E-state index contributed by atoms with van der Waals surface area (Å²) in [6, 6.07) is 0. The Labute approximate surface area is 87.0 Å². The molecule has 0 spiro atoms. The first kappa shape index (κ1) is 13.3. The summed E-state index contributed by atoms with van der Waals surface area (Å²) in [5, 5.41) is 0. The molecule has 0 saturated heterocycles. The average molecular weight is 201 g/mol. The Morgan fingerprint density at radius 2 is 1.50 bits per heavy atom. The van der Waals surface area contributed by atoms with Crippen LogP contribution in [0.5, 0.6) is 0 Å². The van der Waals surface area contributed by atoms with E-state index in [2.05, 4.69) is 27.7 Å². The van der Waals surface area contributed by atoms with Gasteiger partial charge in [-0.25, -0.2) is 4.79 Å². The summed E-state index contributed by atoms with van der Waals surface area (Å²) in [6.07, 6.45) is -0.693. The molecule has 0 atom stereocenters. The van der Waals surface area contributed by atoms with Crippen molar-refractivity contribution >= 4 is 6.09 Å². The van der Waals surface area contributed by atoms with Crippen LogP contribution in [-0.4, -0.2) is 11.7 Å². The molecule has 14 heavy (non-hydrogen) atoms. The van der Waals surface area contributed by atoms with Crippen molar-refractivity contribution in [2.75, 3.05) is 0 Å². The lowest BCUT2D eigenvalue weighted by molar-refractivity contribution is -0.0358. The van der Waals surface area contributed by atoms with E-state index in [1.54, 1.807) is 0 Å². The minimum atomic E-state index is -0.693. The molecule has 0 aromatic rings. The highest BCUT2D eigenvalue weighted by atomic mass is 16.6. The molecule has 0 aromatic carbocycles. The zero-order valence-corrected chi connectivity index (χ0v) is 10.1. The topological polar surface area (TPSA) is 52.3 Å². The Kier molecular flexibility index (Phi) is 4.43. The fourth-order valence-electron chi connectivity index (χ4n) is 2.70. The van der Waals surface area contributed by atoms with Gasteiger partial charge in [0.1, 0.15) is 5.60 Å². The maximum Gasteiger partial charge on any atom is 0.405 e. The lowest BCUT2D eigenvalue weighted by Gasteiger charge is -2.38. The van der Waals surface area contributed by atoms with Gasteiger partial charge >= 0.3 is 6.09 Å². The molecule has 0 aliphatic carbocycles. The second kappa shape index (κ2) is 4.67. The molecule has 3 heteroatoms. The van der Waals surface area contributed by atoms with Crippen LogP contribution in [0.4, 0.5) is 4.79 Å². The number of carbonyl (C=O) groups excluding carboxylic acids is 1. The summed E-state index contributed by atoms with van der Waals surface area (Å²) in [5.74, 6) is 1.24. The maximum atomic E-state index is 10.8. The minimum absolute atomic E-state index is 0.315. The van der Waals surface area contributed by atoms with Crippen molar-refractivity contribution < 1.29 is 9.53 Å². The minimum Gasteiger partial charge on any atom is -0.443 e. The zero-order chi connectivity index (χ0) is 11.5.